The van der Waals surface area contributed by atoms with E-state index in [0.29, 0.717) is 5.92 Å². The van der Waals surface area contributed by atoms with E-state index in [-0.39, 0.29) is 0 Å². The quantitative estimate of drug-likeness (QED) is 0.385. The molecule has 33 heavy (non-hydrogen) atoms. The van der Waals surface area contributed by atoms with Crippen molar-refractivity contribution in [3.63, 3.8) is 0 Å². The molecule has 0 radical (unpaired) electrons. The predicted octanol–water partition coefficient (Wildman–Crippen LogP) is 7.68. The Morgan fingerprint density at radius 3 is 2.64 bits per heavy atom. The maximum Gasteiger partial charge on any atom is 0.169 e. The molecule has 0 aliphatic carbocycles. The summed E-state index contributed by atoms with van der Waals surface area (Å²) in [7, 11) is 0. The van der Waals surface area contributed by atoms with Crippen LogP contribution < -0.4 is 5.32 Å². The van der Waals surface area contributed by atoms with E-state index in [0.717, 1.165) is 49.0 Å². The molecule has 0 atom stereocenters. The van der Waals surface area contributed by atoms with Crippen LogP contribution in [0, 0.1) is 5.92 Å². The van der Waals surface area contributed by atoms with Crippen LogP contribution in [0.25, 0.3) is 16.4 Å². The zero-order valence-corrected chi connectivity index (χ0v) is 22.0. The summed E-state index contributed by atoms with van der Waals surface area (Å²) in [6, 6.07) is 0. The zero-order valence-electron chi connectivity index (χ0n) is 21.2. The highest BCUT2D eigenvalue weighted by atomic mass is 32.1. The van der Waals surface area contributed by atoms with Gasteiger partial charge < -0.3 is 9.88 Å². The fraction of sp³-hybridized carbons (Fsp3) is 0.500. The van der Waals surface area contributed by atoms with Crippen LogP contribution in [0.2, 0.25) is 0 Å². The minimum atomic E-state index is 0.708. The van der Waals surface area contributed by atoms with Crippen LogP contribution in [-0.2, 0) is 6.54 Å². The molecule has 2 aromatic rings. The first-order valence-corrected chi connectivity index (χ1v) is 13.3. The lowest BCUT2D eigenvalue weighted by Gasteiger charge is -2.23. The van der Waals surface area contributed by atoms with Gasteiger partial charge in [-0.1, -0.05) is 70.1 Å². The third-order valence-electron chi connectivity index (χ3n) is 5.66. The van der Waals surface area contributed by atoms with E-state index in [1.807, 2.05) is 18.3 Å². The second-order valence-electron chi connectivity index (χ2n) is 8.58. The van der Waals surface area contributed by atoms with E-state index in [4.69, 9.17) is 4.98 Å². The monoisotopic (exact) mass is 466 g/mol. The molecule has 0 bridgehead atoms. The number of aromatic nitrogens is 3. The summed E-state index contributed by atoms with van der Waals surface area (Å²) in [5, 5.41) is 6.60. The van der Waals surface area contributed by atoms with Gasteiger partial charge in [0.05, 0.1) is 5.69 Å². The Balaban J connectivity index is 0.00000122. The molecule has 0 spiro atoms. The Bertz CT molecular complexity index is 939. The van der Waals surface area contributed by atoms with Crippen molar-refractivity contribution in [1.82, 2.24) is 19.9 Å². The molecule has 0 saturated carbocycles. The van der Waals surface area contributed by atoms with E-state index in [9.17, 15) is 0 Å². The van der Waals surface area contributed by atoms with Crippen LogP contribution in [0.1, 0.15) is 72.4 Å². The highest BCUT2D eigenvalue weighted by molar-refractivity contribution is 7.13. The lowest BCUT2D eigenvalue weighted by molar-refractivity contribution is 0.334. The standard InChI is InChI=1S/C25H34N4S.C3H8/c1-5-8-10-22(19(4)9-6-2)21(7-3)23-18-30-25(28-23)24-27-15-16-29(24)17-20-11-13-26-14-12-20;1-3-2/h5,7-8,10,15-16,18,20,26H,1,6,9,11-14,17H2,2-4H3;3H2,1-2H3/b10-8-,21-7+,22-19-;. The number of piperidine rings is 1. The number of thiazole rings is 1. The van der Waals surface area contributed by atoms with Crippen molar-refractivity contribution in [1.29, 1.82) is 0 Å². The Morgan fingerprint density at radius 2 is 2.00 bits per heavy atom. The van der Waals surface area contributed by atoms with E-state index in [2.05, 4.69) is 79.8 Å². The second-order valence-corrected chi connectivity index (χ2v) is 9.44. The molecule has 5 heteroatoms. The molecule has 1 aliphatic heterocycles. The Hall–Kier alpha value is -2.24. The van der Waals surface area contributed by atoms with E-state index >= 15 is 0 Å². The third-order valence-corrected chi connectivity index (χ3v) is 6.50. The lowest BCUT2D eigenvalue weighted by Crippen LogP contribution is -2.29. The van der Waals surface area contributed by atoms with Crippen molar-refractivity contribution in [2.24, 2.45) is 5.92 Å². The number of rotatable bonds is 9. The molecule has 1 fully saturated rings. The Labute approximate surface area is 205 Å². The molecule has 1 N–H and O–H groups in total. The van der Waals surface area contributed by atoms with E-state index in [1.54, 1.807) is 11.3 Å². The summed E-state index contributed by atoms with van der Waals surface area (Å²) in [4.78, 5) is 9.66. The third kappa shape index (κ3) is 7.94. The maximum atomic E-state index is 5.01. The summed E-state index contributed by atoms with van der Waals surface area (Å²) >= 11 is 1.68. The molecule has 0 aromatic carbocycles. The van der Waals surface area contributed by atoms with Crippen LogP contribution >= 0.6 is 11.3 Å². The van der Waals surface area contributed by atoms with Gasteiger partial charge in [-0.15, -0.1) is 11.3 Å². The van der Waals surface area contributed by atoms with Gasteiger partial charge in [-0.25, -0.2) is 9.97 Å². The highest BCUT2D eigenvalue weighted by Gasteiger charge is 2.18. The fourth-order valence-corrected chi connectivity index (χ4v) is 4.90. The average Bonchev–Trinajstić information content (AvgIpc) is 3.47. The SMILES string of the molecule is C=C\C=C/C(=C(\C)CCC)C(=C\C)/c1csc(-c2nccn2CC2CCNCC2)n1.CCC. The van der Waals surface area contributed by atoms with Gasteiger partial charge in [-0.3, -0.25) is 0 Å². The second kappa shape index (κ2) is 14.8. The van der Waals surface area contributed by atoms with Crippen molar-refractivity contribution >= 4 is 16.9 Å². The van der Waals surface area contributed by atoms with Gasteiger partial charge in [-0.05, 0) is 57.7 Å². The summed E-state index contributed by atoms with van der Waals surface area (Å²) in [6.07, 6.45) is 18.1. The maximum absolute atomic E-state index is 5.01. The normalized spacial score (nSPS) is 15.8. The molecular formula is C28H42N4S. The molecule has 0 unspecified atom stereocenters. The van der Waals surface area contributed by atoms with Crippen LogP contribution in [0.5, 0.6) is 0 Å². The number of nitrogens with zero attached hydrogens (tertiary/aromatic N) is 3. The molecule has 0 amide bonds. The van der Waals surface area contributed by atoms with Gasteiger partial charge >= 0.3 is 0 Å². The van der Waals surface area contributed by atoms with Gasteiger partial charge in [0.1, 0.15) is 0 Å². The van der Waals surface area contributed by atoms with Crippen molar-refractivity contribution in [3.8, 4) is 10.8 Å². The Kier molecular flexibility index (Phi) is 12.1. The lowest BCUT2D eigenvalue weighted by atomic mass is 9.95. The minimum absolute atomic E-state index is 0.708. The summed E-state index contributed by atoms with van der Waals surface area (Å²) < 4.78 is 2.28. The van der Waals surface area contributed by atoms with Gasteiger partial charge in [0.2, 0.25) is 0 Å². The van der Waals surface area contributed by atoms with Crippen molar-refractivity contribution in [3.05, 3.63) is 65.5 Å². The first kappa shape index (κ1) is 27.0. The summed E-state index contributed by atoms with van der Waals surface area (Å²) in [5.41, 5.74) is 4.82. The van der Waals surface area contributed by atoms with Crippen molar-refractivity contribution < 1.29 is 0 Å². The van der Waals surface area contributed by atoms with Crippen molar-refractivity contribution in [2.75, 3.05) is 13.1 Å². The van der Waals surface area contributed by atoms with Crippen LogP contribution in [-0.4, -0.2) is 27.6 Å². The molecule has 3 heterocycles. The number of hydrogen-bond acceptors (Lipinski definition) is 4. The zero-order chi connectivity index (χ0) is 24.1. The molecule has 1 aliphatic rings. The van der Waals surface area contributed by atoms with Gasteiger partial charge in [-0.2, -0.15) is 0 Å². The van der Waals surface area contributed by atoms with Crippen molar-refractivity contribution in [2.45, 2.75) is 73.3 Å². The van der Waals surface area contributed by atoms with Crippen LogP contribution in [0.3, 0.4) is 0 Å². The minimum Gasteiger partial charge on any atom is -0.329 e. The molecule has 1 saturated heterocycles. The topological polar surface area (TPSA) is 42.7 Å². The summed E-state index contributed by atoms with van der Waals surface area (Å²) in [5.74, 6) is 1.69. The first-order valence-electron chi connectivity index (χ1n) is 12.4. The predicted molar refractivity (Wildman–Crippen MR) is 145 cm³/mol. The number of allylic oxidation sites excluding steroid dienone is 7. The summed E-state index contributed by atoms with van der Waals surface area (Å²) in [6.45, 7) is 17.9. The van der Waals surface area contributed by atoms with E-state index in [1.165, 1.54) is 36.0 Å². The van der Waals surface area contributed by atoms with Gasteiger partial charge in [0.15, 0.2) is 10.8 Å². The highest BCUT2D eigenvalue weighted by Crippen LogP contribution is 2.32. The molecule has 3 rings (SSSR count). The number of nitrogens with one attached hydrogen (secondary N) is 1. The van der Waals surface area contributed by atoms with Gasteiger partial charge in [0.25, 0.3) is 0 Å². The molecule has 2 aromatic heterocycles. The number of hydrogen-bond donors (Lipinski definition) is 1. The first-order chi connectivity index (χ1) is 16.1. The molecular weight excluding hydrogens is 424 g/mol. The largest absolute Gasteiger partial charge is 0.329 e. The number of imidazole rings is 1. The Morgan fingerprint density at radius 1 is 1.27 bits per heavy atom. The van der Waals surface area contributed by atoms with E-state index < -0.39 is 0 Å². The molecule has 4 nitrogen and oxygen atoms in total. The fourth-order valence-electron chi connectivity index (χ4n) is 4.07. The molecule has 180 valence electrons. The average molecular weight is 467 g/mol. The smallest absolute Gasteiger partial charge is 0.169 e. The van der Waals surface area contributed by atoms with Crippen LogP contribution in [0.15, 0.2) is 59.8 Å². The van der Waals surface area contributed by atoms with Gasteiger partial charge in [0, 0.05) is 29.9 Å². The van der Waals surface area contributed by atoms with Crippen LogP contribution in [0.4, 0.5) is 0 Å².